The van der Waals surface area contributed by atoms with Crippen LogP contribution in [0.25, 0.3) is 0 Å². The van der Waals surface area contributed by atoms with Crippen molar-refractivity contribution in [3.63, 3.8) is 0 Å². The molecule has 94 valence electrons. The van der Waals surface area contributed by atoms with E-state index in [0.29, 0.717) is 9.13 Å². The van der Waals surface area contributed by atoms with E-state index in [4.69, 9.17) is 0 Å². The highest BCUT2D eigenvalue weighted by atomic mass is 127. The third-order valence-corrected chi connectivity index (χ3v) is 4.61. The van der Waals surface area contributed by atoms with Crippen molar-refractivity contribution in [3.05, 3.63) is 27.3 Å². The summed E-state index contributed by atoms with van der Waals surface area (Å²) in [5.74, 6) is -0.143. The quantitative estimate of drug-likeness (QED) is 0.393. The Bertz CT molecular complexity index is 423. The molecule has 0 unspecified atom stereocenters. The minimum absolute atomic E-state index is 0.0144. The molecular formula is C10H7BrF3IOS. The van der Waals surface area contributed by atoms with Gasteiger partial charge in [-0.25, -0.2) is 0 Å². The summed E-state index contributed by atoms with van der Waals surface area (Å²) in [5, 5.41) is 0.147. The number of ketones is 1. The van der Waals surface area contributed by atoms with Crippen LogP contribution in [0.4, 0.5) is 13.2 Å². The molecular weight excluding hydrogens is 432 g/mol. The molecule has 0 atom stereocenters. The molecule has 0 aliphatic rings. The molecule has 17 heavy (non-hydrogen) atoms. The molecule has 0 spiro atoms. The molecule has 0 amide bonds. The Morgan fingerprint density at radius 3 is 2.59 bits per heavy atom. The molecule has 0 bridgehead atoms. The monoisotopic (exact) mass is 438 g/mol. The summed E-state index contributed by atoms with van der Waals surface area (Å²) in [6, 6.07) is 4.80. The lowest BCUT2D eigenvalue weighted by molar-refractivity contribution is -0.115. The maximum Gasteiger partial charge on any atom is 0.446 e. The second kappa shape index (κ2) is 6.42. The molecule has 0 aliphatic carbocycles. The van der Waals surface area contributed by atoms with Gasteiger partial charge in [0.05, 0.1) is 5.33 Å². The minimum atomic E-state index is -4.34. The van der Waals surface area contributed by atoms with Crippen LogP contribution in [-0.4, -0.2) is 16.6 Å². The van der Waals surface area contributed by atoms with Gasteiger partial charge in [0.15, 0.2) is 0 Å². The number of carbonyl (C=O) groups excluding carboxylic acids is 1. The average Bonchev–Trinajstić information content (AvgIpc) is 2.21. The number of hydrogen-bond donors (Lipinski definition) is 0. The fraction of sp³-hybridized carbons (Fsp3) is 0.300. The van der Waals surface area contributed by atoms with E-state index in [0.717, 1.165) is 0 Å². The van der Waals surface area contributed by atoms with Crippen molar-refractivity contribution in [1.29, 1.82) is 0 Å². The van der Waals surface area contributed by atoms with Crippen LogP contribution in [0.3, 0.4) is 0 Å². The number of halogens is 5. The van der Waals surface area contributed by atoms with Gasteiger partial charge in [0, 0.05) is 14.9 Å². The topological polar surface area (TPSA) is 17.1 Å². The van der Waals surface area contributed by atoms with Crippen molar-refractivity contribution in [2.45, 2.75) is 16.8 Å². The molecule has 0 aromatic heterocycles. The summed E-state index contributed by atoms with van der Waals surface area (Å²) in [7, 11) is 0. The van der Waals surface area contributed by atoms with Crippen LogP contribution in [0, 0.1) is 3.57 Å². The van der Waals surface area contributed by atoms with Crippen molar-refractivity contribution < 1.29 is 18.0 Å². The molecule has 0 radical (unpaired) electrons. The maximum absolute atomic E-state index is 12.4. The van der Waals surface area contributed by atoms with Gasteiger partial charge in [-0.2, -0.15) is 13.2 Å². The fourth-order valence-electron chi connectivity index (χ4n) is 1.18. The second-order valence-corrected chi connectivity index (χ2v) is 5.92. The Morgan fingerprint density at radius 2 is 2.06 bits per heavy atom. The number of rotatable bonds is 4. The molecule has 0 aliphatic heterocycles. The van der Waals surface area contributed by atoms with Gasteiger partial charge in [0.2, 0.25) is 0 Å². The highest BCUT2D eigenvalue weighted by Gasteiger charge is 2.31. The Hall–Kier alpha value is 0.240. The summed E-state index contributed by atoms with van der Waals surface area (Å²) in [4.78, 5) is 11.4. The smallest absolute Gasteiger partial charge is 0.298 e. The molecule has 1 rings (SSSR count). The summed E-state index contributed by atoms with van der Waals surface area (Å²) in [5.41, 5.74) is -3.92. The number of benzene rings is 1. The summed E-state index contributed by atoms with van der Waals surface area (Å²) in [6.07, 6.45) is 0.0144. The zero-order chi connectivity index (χ0) is 13.1. The first-order valence-corrected chi connectivity index (χ1v) is 7.46. The maximum atomic E-state index is 12.4. The van der Waals surface area contributed by atoms with Crippen LogP contribution in [0.15, 0.2) is 23.1 Å². The van der Waals surface area contributed by atoms with E-state index in [1.807, 2.05) is 22.6 Å². The Morgan fingerprint density at radius 1 is 1.41 bits per heavy atom. The first-order valence-electron chi connectivity index (χ1n) is 4.44. The zero-order valence-electron chi connectivity index (χ0n) is 8.35. The highest BCUT2D eigenvalue weighted by molar-refractivity contribution is 14.1. The van der Waals surface area contributed by atoms with Crippen molar-refractivity contribution in [3.8, 4) is 0 Å². The molecule has 1 nitrogen and oxygen atoms in total. The molecule has 7 heteroatoms. The van der Waals surface area contributed by atoms with Crippen LogP contribution in [0.5, 0.6) is 0 Å². The molecule has 1 aromatic rings. The lowest BCUT2D eigenvalue weighted by Crippen LogP contribution is -2.08. The third-order valence-electron chi connectivity index (χ3n) is 1.80. The van der Waals surface area contributed by atoms with Gasteiger partial charge < -0.3 is 0 Å². The number of Topliss-reactive ketones (excluding diaryl/α,β-unsaturated/α-hetero) is 1. The fourth-order valence-corrected chi connectivity index (χ4v) is 2.93. The van der Waals surface area contributed by atoms with Gasteiger partial charge >= 0.3 is 5.51 Å². The van der Waals surface area contributed by atoms with Crippen LogP contribution < -0.4 is 0 Å². The Balaban J connectivity index is 3.04. The first kappa shape index (κ1) is 15.3. The number of hydrogen-bond acceptors (Lipinski definition) is 2. The molecule has 0 N–H and O–H groups in total. The minimum Gasteiger partial charge on any atom is -0.298 e. The number of thioether (sulfide) groups is 1. The number of alkyl halides is 4. The summed E-state index contributed by atoms with van der Waals surface area (Å²) >= 11 is 4.67. The average molecular weight is 439 g/mol. The summed E-state index contributed by atoms with van der Waals surface area (Å²) in [6.45, 7) is 0. The van der Waals surface area contributed by atoms with Crippen LogP contribution in [0.1, 0.15) is 5.56 Å². The van der Waals surface area contributed by atoms with E-state index < -0.39 is 5.51 Å². The highest BCUT2D eigenvalue weighted by Crippen LogP contribution is 2.41. The van der Waals surface area contributed by atoms with Gasteiger partial charge in [-0.05, 0) is 46.0 Å². The van der Waals surface area contributed by atoms with Gasteiger partial charge in [-0.15, -0.1) is 0 Å². The predicted molar refractivity (Wildman–Crippen MR) is 73.6 cm³/mol. The SMILES string of the molecule is O=C(CBr)Cc1cccc(I)c1SC(F)(F)F. The van der Waals surface area contributed by atoms with Crippen LogP contribution >= 0.6 is 50.3 Å². The first-order chi connectivity index (χ1) is 7.83. The molecule has 0 heterocycles. The van der Waals surface area contributed by atoms with Crippen molar-refractivity contribution in [2.75, 3.05) is 5.33 Å². The third kappa shape index (κ3) is 5.17. The number of carbonyl (C=O) groups is 1. The van der Waals surface area contributed by atoms with Crippen molar-refractivity contribution in [1.82, 2.24) is 0 Å². The van der Waals surface area contributed by atoms with Gasteiger partial charge in [-0.3, -0.25) is 4.79 Å². The van der Waals surface area contributed by atoms with Gasteiger partial charge in [-0.1, -0.05) is 28.1 Å². The predicted octanol–water partition coefficient (Wildman–Crippen LogP) is 4.41. The Labute approximate surface area is 123 Å². The van der Waals surface area contributed by atoms with E-state index in [1.54, 1.807) is 18.2 Å². The van der Waals surface area contributed by atoms with Crippen molar-refractivity contribution in [2.24, 2.45) is 0 Å². The molecule has 0 saturated heterocycles. The van der Waals surface area contributed by atoms with Crippen LogP contribution in [0.2, 0.25) is 0 Å². The molecule has 1 aromatic carbocycles. The van der Waals surface area contributed by atoms with E-state index in [-0.39, 0.29) is 34.2 Å². The van der Waals surface area contributed by atoms with Gasteiger partial charge in [0.1, 0.15) is 5.78 Å². The largest absolute Gasteiger partial charge is 0.446 e. The zero-order valence-corrected chi connectivity index (χ0v) is 12.9. The Kier molecular flexibility index (Phi) is 5.78. The summed E-state index contributed by atoms with van der Waals surface area (Å²) < 4.78 is 37.7. The van der Waals surface area contributed by atoms with Crippen molar-refractivity contribution >= 4 is 56.1 Å². The second-order valence-electron chi connectivity index (χ2n) is 3.12. The standard InChI is InChI=1S/C10H7BrF3IOS/c11-5-7(16)4-6-2-1-3-8(15)9(6)17-10(12,13)14/h1-3H,4-5H2. The van der Waals surface area contributed by atoms with E-state index >= 15 is 0 Å². The van der Waals surface area contributed by atoms with E-state index in [9.17, 15) is 18.0 Å². The molecule has 0 saturated carbocycles. The normalized spacial score (nSPS) is 11.6. The lowest BCUT2D eigenvalue weighted by Gasteiger charge is -2.12. The van der Waals surface area contributed by atoms with E-state index in [1.165, 1.54) is 0 Å². The molecule has 0 fully saturated rings. The van der Waals surface area contributed by atoms with E-state index in [2.05, 4.69) is 15.9 Å². The van der Waals surface area contributed by atoms with Crippen LogP contribution in [-0.2, 0) is 11.2 Å². The lowest BCUT2D eigenvalue weighted by atomic mass is 10.1. The van der Waals surface area contributed by atoms with Gasteiger partial charge in [0.25, 0.3) is 0 Å².